The maximum atomic E-state index is 14.4. The number of nitro benzene ring substituents is 1. The van der Waals surface area contributed by atoms with Gasteiger partial charge in [-0.1, -0.05) is 72.8 Å². The van der Waals surface area contributed by atoms with E-state index in [-0.39, 0.29) is 46.8 Å². The van der Waals surface area contributed by atoms with Gasteiger partial charge in [0.15, 0.2) is 0 Å². The number of nitro groups is 1. The number of amides is 2. The van der Waals surface area contributed by atoms with Gasteiger partial charge in [0.25, 0.3) is 5.69 Å². The second-order valence-electron chi connectivity index (χ2n) is 15.4. The Morgan fingerprint density at radius 2 is 1.14 bits per heavy atom. The Morgan fingerprint density at radius 1 is 0.647 bits per heavy atom. The van der Waals surface area contributed by atoms with Crippen LogP contribution in [0.5, 0.6) is 0 Å². The number of fused-ring (bicyclic) bond motifs is 3. The third-order valence-corrected chi connectivity index (χ3v) is 13.2. The van der Waals surface area contributed by atoms with E-state index in [1.54, 1.807) is 0 Å². The number of benzene rings is 5. The van der Waals surface area contributed by atoms with Crippen LogP contribution in [-0.2, 0) is 44.7 Å². The van der Waals surface area contributed by atoms with Gasteiger partial charge in [-0.25, -0.2) is 4.90 Å². The van der Waals surface area contributed by atoms with Crippen LogP contribution in [0.3, 0.4) is 0 Å². The molecule has 0 N–H and O–H groups in total. The molecule has 1 spiro atoms. The number of nitrogens with zero attached hydrogens (tertiary/aromatic N) is 2. The number of hydrogen-bond donors (Lipinski definition) is 0. The molecule has 5 aromatic carbocycles. The smallest absolute Gasteiger partial charge is 0.269 e. The molecule has 1 unspecified atom stereocenters. The van der Waals surface area contributed by atoms with Crippen molar-refractivity contribution in [2.24, 2.45) is 23.7 Å². The lowest BCUT2D eigenvalue weighted by molar-refractivity contribution is -0.384. The second kappa shape index (κ2) is 10.4. The summed E-state index contributed by atoms with van der Waals surface area (Å²) in [5, 5.41) is 13.9. The van der Waals surface area contributed by atoms with Gasteiger partial charge >= 0.3 is 0 Å². The molecule has 51 heavy (non-hydrogen) atoms. The van der Waals surface area contributed by atoms with Gasteiger partial charge in [-0.2, -0.15) is 0 Å². The molecular weight excluding hydrogens is 640 g/mol. The minimum absolute atomic E-state index is 0.0788. The van der Waals surface area contributed by atoms with Crippen LogP contribution >= 0.6 is 0 Å². The zero-order valence-corrected chi connectivity index (χ0v) is 27.8. The molecule has 2 fully saturated rings. The zero-order valence-electron chi connectivity index (χ0n) is 27.8. The van der Waals surface area contributed by atoms with Gasteiger partial charge in [0, 0.05) is 24.0 Å². The lowest BCUT2D eigenvalue weighted by Gasteiger charge is -2.46. The maximum Gasteiger partial charge on any atom is 0.269 e. The summed E-state index contributed by atoms with van der Waals surface area (Å²) in [4.78, 5) is 41.0. The second-order valence-corrected chi connectivity index (χ2v) is 15.4. The number of ether oxygens (including phenoxy) is 2. The first kappa shape index (κ1) is 29.5. The first-order valence-electron chi connectivity index (χ1n) is 18.0. The van der Waals surface area contributed by atoms with Crippen molar-refractivity contribution >= 4 is 34.0 Å². The quantitative estimate of drug-likeness (QED) is 0.113. The molecule has 2 aliphatic heterocycles. The van der Waals surface area contributed by atoms with Gasteiger partial charge in [0.1, 0.15) is 12.4 Å². The molecule has 252 valence electrons. The first-order chi connectivity index (χ1) is 24.9. The fourth-order valence-corrected chi connectivity index (χ4v) is 11.0. The highest BCUT2D eigenvalue weighted by molar-refractivity contribution is 6.23. The molecule has 2 saturated heterocycles. The van der Waals surface area contributed by atoms with E-state index in [2.05, 4.69) is 60.7 Å². The van der Waals surface area contributed by atoms with E-state index in [0.717, 1.165) is 47.9 Å². The van der Waals surface area contributed by atoms with Crippen LogP contribution in [0.1, 0.15) is 56.3 Å². The van der Waals surface area contributed by atoms with Crippen molar-refractivity contribution in [3.8, 4) is 0 Å². The van der Waals surface area contributed by atoms with Crippen molar-refractivity contribution in [3.63, 3.8) is 0 Å². The van der Waals surface area contributed by atoms with Crippen LogP contribution in [0.2, 0.25) is 0 Å². The maximum absolute atomic E-state index is 14.4. The number of carbonyl (C=O) groups excluding carboxylic acids is 2. The molecule has 2 heterocycles. The SMILES string of the molecule is O=C1[C@@H]2[C@@H]3c4ccccc4[C@@H](c4cc5c(cc43)C[C@@H]3Cc4cc6ccccc6cc4C[C@H](C5)C34COCO4)[C@@H]2C(=O)N1c1ccc([N+](=O)[O-])cc1. The predicted molar refractivity (Wildman–Crippen MR) is 190 cm³/mol. The fraction of sp³-hybridized carbons (Fsp3) is 0.302. The largest absolute Gasteiger partial charge is 0.352 e. The third-order valence-electron chi connectivity index (χ3n) is 13.2. The molecule has 5 aliphatic carbocycles. The predicted octanol–water partition coefficient (Wildman–Crippen LogP) is 7.02. The average molecular weight is 675 g/mol. The Balaban J connectivity index is 1.04. The third kappa shape index (κ3) is 3.97. The molecule has 0 saturated carbocycles. The standard InChI is InChI=1S/C43H34N2O6/c46-41-39-37-33-7-3-4-8-34(33)38(40(39)42(47)44(41)31-9-11-32(12-10-31)45(48)49)36-20-28-18-30-16-26-14-24-6-2-1-5-23(24)13-25(26)15-29(17-27(28)19-35(36)37)43(30)21-50-22-51-43/h1-14,19-20,29-30,37-40H,15-18,21-22H2/t29-,30+,37+,38-,39+,40-,43?. The summed E-state index contributed by atoms with van der Waals surface area (Å²) in [6, 6.07) is 32.2. The van der Waals surface area contributed by atoms with Gasteiger partial charge in [-0.3, -0.25) is 19.7 Å². The van der Waals surface area contributed by atoms with Crippen molar-refractivity contribution in [2.45, 2.75) is 43.1 Å². The molecule has 8 nitrogen and oxygen atoms in total. The van der Waals surface area contributed by atoms with Gasteiger partial charge in [-0.15, -0.1) is 0 Å². The van der Waals surface area contributed by atoms with Crippen LogP contribution in [0.15, 0.2) is 97.1 Å². The van der Waals surface area contributed by atoms with Crippen molar-refractivity contribution in [1.82, 2.24) is 0 Å². The van der Waals surface area contributed by atoms with Crippen molar-refractivity contribution in [2.75, 3.05) is 18.3 Å². The summed E-state index contributed by atoms with van der Waals surface area (Å²) in [6.45, 7) is 0.905. The summed E-state index contributed by atoms with van der Waals surface area (Å²) in [5.41, 5.74) is 9.89. The van der Waals surface area contributed by atoms with Crippen LogP contribution in [-0.4, -0.2) is 35.7 Å². The number of hydrogen-bond acceptors (Lipinski definition) is 6. The van der Waals surface area contributed by atoms with Gasteiger partial charge in [0.05, 0.1) is 29.1 Å². The van der Waals surface area contributed by atoms with Crippen LogP contribution in [0.25, 0.3) is 10.8 Å². The van der Waals surface area contributed by atoms with Crippen LogP contribution in [0.4, 0.5) is 11.4 Å². The monoisotopic (exact) mass is 674 g/mol. The van der Waals surface area contributed by atoms with E-state index in [9.17, 15) is 19.7 Å². The van der Waals surface area contributed by atoms with Crippen molar-refractivity contribution < 1.29 is 24.0 Å². The lowest BCUT2D eigenvalue weighted by Crippen LogP contribution is -2.48. The molecule has 7 aliphatic rings. The highest BCUT2D eigenvalue weighted by atomic mass is 16.7. The fourth-order valence-electron chi connectivity index (χ4n) is 11.0. The summed E-state index contributed by atoms with van der Waals surface area (Å²) in [5.74, 6) is -1.60. The molecule has 7 atom stereocenters. The topological polar surface area (TPSA) is 99.0 Å². The number of non-ortho nitro benzene ring substituents is 1. The van der Waals surface area contributed by atoms with Gasteiger partial charge < -0.3 is 9.47 Å². The number of carbonyl (C=O) groups is 2. The normalized spacial score (nSPS) is 29.6. The number of anilines is 1. The minimum Gasteiger partial charge on any atom is -0.352 e. The van der Waals surface area contributed by atoms with Gasteiger partial charge in [-0.05, 0) is 105 Å². The van der Waals surface area contributed by atoms with Crippen LogP contribution < -0.4 is 4.90 Å². The molecule has 0 aromatic heterocycles. The molecule has 4 bridgehead atoms. The Bertz CT molecular complexity index is 2230. The molecule has 8 heteroatoms. The lowest BCUT2D eigenvalue weighted by atomic mass is 9.54. The van der Waals surface area contributed by atoms with Crippen LogP contribution in [0, 0.1) is 33.8 Å². The Morgan fingerprint density at radius 3 is 1.61 bits per heavy atom. The molecule has 5 aromatic rings. The first-order valence-corrected chi connectivity index (χ1v) is 18.0. The van der Waals surface area contributed by atoms with Crippen molar-refractivity contribution in [3.05, 3.63) is 152 Å². The highest BCUT2D eigenvalue weighted by Crippen LogP contribution is 2.62. The molecular formula is C43H34N2O6. The summed E-state index contributed by atoms with van der Waals surface area (Å²) in [7, 11) is 0. The van der Waals surface area contributed by atoms with Crippen molar-refractivity contribution in [1.29, 1.82) is 0 Å². The summed E-state index contributed by atoms with van der Waals surface area (Å²) >= 11 is 0. The van der Waals surface area contributed by atoms with E-state index in [1.165, 1.54) is 62.2 Å². The molecule has 2 amide bonds. The highest BCUT2D eigenvalue weighted by Gasteiger charge is 2.62. The zero-order chi connectivity index (χ0) is 34.2. The van der Waals surface area contributed by atoms with E-state index in [0.29, 0.717) is 19.1 Å². The number of rotatable bonds is 2. The molecule has 12 rings (SSSR count). The van der Waals surface area contributed by atoms with Gasteiger partial charge in [0.2, 0.25) is 11.8 Å². The Labute approximate surface area is 294 Å². The summed E-state index contributed by atoms with van der Waals surface area (Å²) in [6.07, 6.45) is 3.52. The van der Waals surface area contributed by atoms with E-state index in [1.807, 2.05) is 12.1 Å². The average Bonchev–Trinajstić information content (AvgIpc) is 3.69. The number of imide groups is 1. The Kier molecular flexibility index (Phi) is 6.04. The molecule has 0 radical (unpaired) electrons. The van der Waals surface area contributed by atoms with E-state index in [4.69, 9.17) is 9.47 Å². The van der Waals surface area contributed by atoms with E-state index < -0.39 is 16.8 Å². The van der Waals surface area contributed by atoms with E-state index >= 15 is 0 Å². The summed E-state index contributed by atoms with van der Waals surface area (Å²) < 4.78 is 12.8. The Hall–Kier alpha value is -5.18. The minimum atomic E-state index is -0.538.